The van der Waals surface area contributed by atoms with Gasteiger partial charge in [-0.1, -0.05) is 0 Å². The Kier molecular flexibility index (Phi) is 7.33. The van der Waals surface area contributed by atoms with Gasteiger partial charge in [-0.05, 0) is 51.7 Å². The van der Waals surface area contributed by atoms with Gasteiger partial charge < -0.3 is 30.2 Å². The van der Waals surface area contributed by atoms with Gasteiger partial charge in [-0.2, -0.15) is 0 Å². The molecule has 2 aliphatic rings. The molecule has 1 aliphatic carbocycles. The van der Waals surface area contributed by atoms with Crippen molar-refractivity contribution in [2.75, 3.05) is 37.0 Å². The number of benzene rings is 1. The van der Waals surface area contributed by atoms with Gasteiger partial charge in [0.1, 0.15) is 11.5 Å². The number of carbonyl (C=O) groups is 1. The van der Waals surface area contributed by atoms with Gasteiger partial charge in [0.2, 0.25) is 5.91 Å². The van der Waals surface area contributed by atoms with Crippen molar-refractivity contribution in [2.45, 2.75) is 45.6 Å². The van der Waals surface area contributed by atoms with Crippen molar-refractivity contribution >= 4 is 34.6 Å². The van der Waals surface area contributed by atoms with Crippen molar-refractivity contribution in [3.05, 3.63) is 12.1 Å². The molecule has 0 radical (unpaired) electrons. The number of carbonyl (C=O) groups excluding carboxylic acids is 1. The molecule has 1 unspecified atom stereocenters. The molecule has 28 heavy (non-hydrogen) atoms. The number of nitrogens with one attached hydrogen (secondary N) is 3. The molecule has 8 heteroatoms. The van der Waals surface area contributed by atoms with E-state index in [9.17, 15) is 4.79 Å². The molecule has 1 aromatic carbocycles. The highest BCUT2D eigenvalue weighted by molar-refractivity contribution is 7.80. The van der Waals surface area contributed by atoms with Crippen LogP contribution in [0, 0.1) is 5.92 Å². The Hall–Kier alpha value is -2.06. The summed E-state index contributed by atoms with van der Waals surface area (Å²) in [6, 6.07) is 3.61. The Bertz CT molecular complexity index is 703. The second-order valence-corrected chi connectivity index (χ2v) is 7.35. The first-order chi connectivity index (χ1) is 13.6. The first kappa shape index (κ1) is 20.7. The maximum Gasteiger partial charge on any atom is 0.227 e. The van der Waals surface area contributed by atoms with Crippen LogP contribution >= 0.6 is 12.2 Å². The van der Waals surface area contributed by atoms with Crippen molar-refractivity contribution in [2.24, 2.45) is 5.92 Å². The zero-order valence-corrected chi connectivity index (χ0v) is 17.3. The molecule has 1 saturated heterocycles. The first-order valence-electron chi connectivity index (χ1n) is 10.0. The van der Waals surface area contributed by atoms with Crippen LogP contribution in [-0.2, 0) is 9.53 Å². The zero-order chi connectivity index (χ0) is 19.9. The van der Waals surface area contributed by atoms with Crippen LogP contribution in [-0.4, -0.2) is 43.5 Å². The summed E-state index contributed by atoms with van der Waals surface area (Å²) in [5.74, 6) is 1.33. The van der Waals surface area contributed by atoms with E-state index in [2.05, 4.69) is 16.0 Å². The highest BCUT2D eigenvalue weighted by Crippen LogP contribution is 2.38. The van der Waals surface area contributed by atoms with Crippen LogP contribution in [0.5, 0.6) is 11.5 Å². The molecule has 1 amide bonds. The summed E-state index contributed by atoms with van der Waals surface area (Å²) in [7, 11) is 0. The van der Waals surface area contributed by atoms with Gasteiger partial charge in [-0.15, -0.1) is 0 Å². The smallest absolute Gasteiger partial charge is 0.227 e. The number of ether oxygens (including phenoxy) is 3. The lowest BCUT2D eigenvalue weighted by Crippen LogP contribution is -2.34. The number of rotatable bonds is 9. The summed E-state index contributed by atoms with van der Waals surface area (Å²) in [5, 5.41) is 9.83. The number of hydrogen-bond acceptors (Lipinski definition) is 5. The van der Waals surface area contributed by atoms with Crippen molar-refractivity contribution in [3.63, 3.8) is 0 Å². The number of thiocarbonyl (C=S) groups is 1. The molecule has 2 fully saturated rings. The van der Waals surface area contributed by atoms with E-state index in [1.807, 2.05) is 19.9 Å². The fourth-order valence-electron chi connectivity index (χ4n) is 3.06. The molecule has 1 saturated carbocycles. The van der Waals surface area contributed by atoms with Crippen molar-refractivity contribution in [3.8, 4) is 11.5 Å². The van der Waals surface area contributed by atoms with Crippen molar-refractivity contribution in [1.29, 1.82) is 0 Å². The Morgan fingerprint density at radius 3 is 2.29 bits per heavy atom. The third-order valence-electron chi connectivity index (χ3n) is 4.65. The molecule has 0 bridgehead atoms. The van der Waals surface area contributed by atoms with Crippen LogP contribution in [0.1, 0.15) is 39.5 Å². The minimum Gasteiger partial charge on any atom is -0.492 e. The summed E-state index contributed by atoms with van der Waals surface area (Å²) in [5.41, 5.74) is 1.31. The van der Waals surface area contributed by atoms with Crippen LogP contribution in [0.25, 0.3) is 0 Å². The van der Waals surface area contributed by atoms with E-state index in [-0.39, 0.29) is 17.9 Å². The molecular weight excluding hydrogens is 378 g/mol. The fourth-order valence-corrected chi connectivity index (χ4v) is 3.26. The third kappa shape index (κ3) is 5.72. The van der Waals surface area contributed by atoms with Crippen LogP contribution < -0.4 is 25.4 Å². The van der Waals surface area contributed by atoms with Gasteiger partial charge in [0.05, 0.1) is 30.7 Å². The Morgan fingerprint density at radius 1 is 1.11 bits per heavy atom. The molecular formula is C20H29N3O4S. The average molecular weight is 408 g/mol. The summed E-state index contributed by atoms with van der Waals surface area (Å²) in [6.45, 7) is 6.28. The maximum absolute atomic E-state index is 12.2. The summed E-state index contributed by atoms with van der Waals surface area (Å²) >= 11 is 5.42. The lowest BCUT2D eigenvalue weighted by molar-refractivity contribution is -0.117. The number of anilines is 2. The van der Waals surface area contributed by atoms with Crippen LogP contribution in [0.3, 0.4) is 0 Å². The molecule has 154 valence electrons. The molecule has 1 aliphatic heterocycles. The minimum absolute atomic E-state index is 0.0258. The molecule has 1 atom stereocenters. The van der Waals surface area contributed by atoms with Crippen molar-refractivity contribution in [1.82, 2.24) is 5.32 Å². The Balaban J connectivity index is 1.72. The molecule has 7 nitrogen and oxygen atoms in total. The number of amides is 1. The van der Waals surface area contributed by atoms with Crippen LogP contribution in [0.4, 0.5) is 11.4 Å². The molecule has 0 spiro atoms. The first-order valence-corrected chi connectivity index (χ1v) is 10.4. The van der Waals surface area contributed by atoms with Gasteiger partial charge in [0.15, 0.2) is 5.11 Å². The monoisotopic (exact) mass is 407 g/mol. The minimum atomic E-state index is 0.0258. The largest absolute Gasteiger partial charge is 0.492 e. The number of hydrogen-bond donors (Lipinski definition) is 3. The van der Waals surface area contributed by atoms with E-state index in [0.717, 1.165) is 32.3 Å². The quantitative estimate of drug-likeness (QED) is 0.542. The second kappa shape index (κ2) is 9.93. The van der Waals surface area contributed by atoms with Gasteiger partial charge in [-0.25, -0.2) is 0 Å². The van der Waals surface area contributed by atoms with Crippen LogP contribution in [0.2, 0.25) is 0 Å². The van der Waals surface area contributed by atoms with E-state index in [1.165, 1.54) is 0 Å². The van der Waals surface area contributed by atoms with Gasteiger partial charge in [0, 0.05) is 31.2 Å². The molecule has 1 heterocycles. The van der Waals surface area contributed by atoms with E-state index in [1.54, 1.807) is 6.07 Å². The highest BCUT2D eigenvalue weighted by atomic mass is 32.1. The Labute approximate surface area is 171 Å². The van der Waals surface area contributed by atoms with Gasteiger partial charge >= 0.3 is 0 Å². The van der Waals surface area contributed by atoms with Gasteiger partial charge in [0.25, 0.3) is 0 Å². The lowest BCUT2D eigenvalue weighted by Gasteiger charge is -2.19. The Morgan fingerprint density at radius 2 is 1.75 bits per heavy atom. The molecule has 3 N–H and O–H groups in total. The predicted octanol–water partition coefficient (Wildman–Crippen LogP) is 3.30. The average Bonchev–Trinajstić information content (AvgIpc) is 3.40. The summed E-state index contributed by atoms with van der Waals surface area (Å²) < 4.78 is 17.1. The van der Waals surface area contributed by atoms with Crippen LogP contribution in [0.15, 0.2) is 12.1 Å². The van der Waals surface area contributed by atoms with E-state index in [0.29, 0.717) is 47.7 Å². The summed E-state index contributed by atoms with van der Waals surface area (Å²) in [4.78, 5) is 12.2. The summed E-state index contributed by atoms with van der Waals surface area (Å²) in [6.07, 6.45) is 4.22. The molecule has 3 rings (SSSR count). The predicted molar refractivity (Wildman–Crippen MR) is 113 cm³/mol. The SMILES string of the molecule is CCOc1cc(NC(=S)NCC2CCCO2)c(OCC)cc1NC(=O)C1CC1. The van der Waals surface area contributed by atoms with Crippen molar-refractivity contribution < 1.29 is 19.0 Å². The van der Waals surface area contributed by atoms with Gasteiger partial charge in [-0.3, -0.25) is 4.79 Å². The van der Waals surface area contributed by atoms with E-state index >= 15 is 0 Å². The topological polar surface area (TPSA) is 80.8 Å². The zero-order valence-electron chi connectivity index (χ0n) is 16.5. The normalized spacial score (nSPS) is 18.4. The lowest BCUT2D eigenvalue weighted by atomic mass is 10.2. The van der Waals surface area contributed by atoms with E-state index in [4.69, 9.17) is 26.4 Å². The second-order valence-electron chi connectivity index (χ2n) is 6.94. The molecule has 1 aromatic rings. The molecule has 0 aromatic heterocycles. The standard InChI is InChI=1S/C20H29N3O4S/c1-3-25-17-11-16(23-20(28)21-12-14-6-5-9-27-14)18(26-4-2)10-15(17)22-19(24)13-7-8-13/h10-11,13-14H,3-9,12H2,1-2H3,(H,22,24)(H2,21,23,28). The highest BCUT2D eigenvalue weighted by Gasteiger charge is 2.30. The third-order valence-corrected chi connectivity index (χ3v) is 4.90. The van der Waals surface area contributed by atoms with E-state index < -0.39 is 0 Å². The fraction of sp³-hybridized carbons (Fsp3) is 0.600. The maximum atomic E-state index is 12.2.